The van der Waals surface area contributed by atoms with Crippen LogP contribution in [0, 0.1) is 11.6 Å². The highest BCUT2D eigenvalue weighted by Crippen LogP contribution is 2.20. The number of halogens is 2. The largest absolute Gasteiger partial charge is 0.481 e. The van der Waals surface area contributed by atoms with E-state index in [2.05, 4.69) is 15.4 Å². The molecule has 0 fully saturated rings. The van der Waals surface area contributed by atoms with Gasteiger partial charge in [-0.2, -0.15) is 9.67 Å². The Morgan fingerprint density at radius 3 is 2.26 bits per heavy atom. The van der Waals surface area contributed by atoms with E-state index in [4.69, 9.17) is 10.8 Å². The number of hydrogen-bond acceptors (Lipinski definition) is 9. The molecule has 0 saturated carbocycles. The number of carboxylic acids is 1. The van der Waals surface area contributed by atoms with Crippen LogP contribution in [0.5, 0.6) is 0 Å². The van der Waals surface area contributed by atoms with Gasteiger partial charge in [-0.05, 0) is 42.8 Å². The summed E-state index contributed by atoms with van der Waals surface area (Å²) in [6, 6.07) is 7.82. The first-order valence-corrected chi connectivity index (χ1v) is 11.3. The standard InChI is InChI=1S/C20H18F2N6O6S/c21-13-3-1-4-14(22)17(13)18(32)28-19(23)25-20(26-28)24-11-7-9-12(10-8-11)35(33,34)27-15(29)5-2-6-16(30)31/h1,3-4,7-10H,2,5-6H2,(H,27,29)(H,30,31)(H3,23,24,25,26). The molecular formula is C20H18F2N6O6S. The number of nitrogens with one attached hydrogen (secondary N) is 2. The van der Waals surface area contributed by atoms with Gasteiger partial charge in [-0.3, -0.25) is 14.4 Å². The normalized spacial score (nSPS) is 11.1. The van der Waals surface area contributed by atoms with Crippen molar-refractivity contribution in [2.75, 3.05) is 11.1 Å². The summed E-state index contributed by atoms with van der Waals surface area (Å²) in [5.41, 5.74) is 5.04. The van der Waals surface area contributed by atoms with E-state index in [9.17, 15) is 31.6 Å². The molecule has 0 bridgehead atoms. The Morgan fingerprint density at radius 2 is 1.66 bits per heavy atom. The van der Waals surface area contributed by atoms with Gasteiger partial charge in [-0.25, -0.2) is 21.9 Å². The Bertz CT molecular complexity index is 1370. The lowest BCUT2D eigenvalue weighted by atomic mass is 10.2. The molecule has 0 atom stereocenters. The second-order valence-electron chi connectivity index (χ2n) is 7.03. The van der Waals surface area contributed by atoms with Crippen molar-refractivity contribution >= 4 is 45.4 Å². The smallest absolute Gasteiger partial charge is 0.303 e. The number of benzene rings is 2. The third-order valence-electron chi connectivity index (χ3n) is 4.46. The predicted molar refractivity (Wildman–Crippen MR) is 117 cm³/mol. The first kappa shape index (κ1) is 25.2. The Balaban J connectivity index is 1.70. The van der Waals surface area contributed by atoms with Crippen molar-refractivity contribution in [3.8, 4) is 0 Å². The van der Waals surface area contributed by atoms with Crippen LogP contribution in [0.1, 0.15) is 29.6 Å². The maximum atomic E-state index is 13.9. The van der Waals surface area contributed by atoms with Crippen molar-refractivity contribution < 1.29 is 36.7 Å². The number of aliphatic carboxylic acids is 1. The summed E-state index contributed by atoms with van der Waals surface area (Å²) in [5, 5.41) is 15.0. The number of rotatable bonds is 9. The first-order chi connectivity index (χ1) is 16.5. The SMILES string of the molecule is Nc1nc(Nc2ccc(S(=O)(=O)NC(=O)CCCC(=O)O)cc2)nn1C(=O)c1c(F)cccc1F. The van der Waals surface area contributed by atoms with E-state index in [0.717, 1.165) is 30.3 Å². The van der Waals surface area contributed by atoms with Gasteiger partial charge in [-0.15, -0.1) is 5.10 Å². The monoisotopic (exact) mass is 508 g/mol. The van der Waals surface area contributed by atoms with Gasteiger partial charge >= 0.3 is 5.97 Å². The van der Waals surface area contributed by atoms with Gasteiger partial charge in [0, 0.05) is 18.5 Å². The molecule has 35 heavy (non-hydrogen) atoms. The fourth-order valence-corrected chi connectivity index (χ4v) is 3.86. The van der Waals surface area contributed by atoms with Gasteiger partial charge < -0.3 is 16.2 Å². The van der Waals surface area contributed by atoms with Crippen molar-refractivity contribution in [3.63, 3.8) is 0 Å². The lowest BCUT2D eigenvalue weighted by Crippen LogP contribution is -2.30. The molecule has 0 aliphatic rings. The molecule has 3 aromatic rings. The minimum absolute atomic E-state index is 0.0195. The summed E-state index contributed by atoms with van der Waals surface area (Å²) in [7, 11) is -4.20. The van der Waals surface area contributed by atoms with Gasteiger partial charge in [0.2, 0.25) is 17.8 Å². The molecule has 0 saturated heterocycles. The number of sulfonamides is 1. The van der Waals surface area contributed by atoms with Gasteiger partial charge in [-0.1, -0.05) is 6.07 Å². The number of anilines is 3. The first-order valence-electron chi connectivity index (χ1n) is 9.83. The topological polar surface area (TPSA) is 186 Å². The molecule has 1 aromatic heterocycles. The average Bonchev–Trinajstić information content (AvgIpc) is 3.13. The molecule has 0 aliphatic heterocycles. The van der Waals surface area contributed by atoms with Crippen LogP contribution in [-0.2, 0) is 19.6 Å². The van der Waals surface area contributed by atoms with E-state index >= 15 is 0 Å². The molecule has 0 aliphatic carbocycles. The van der Waals surface area contributed by atoms with Crippen LogP contribution in [0.15, 0.2) is 47.4 Å². The van der Waals surface area contributed by atoms with Gasteiger partial charge in [0.15, 0.2) is 0 Å². The Hall–Kier alpha value is -4.40. The fourth-order valence-electron chi connectivity index (χ4n) is 2.84. The Kier molecular flexibility index (Phi) is 7.39. The van der Waals surface area contributed by atoms with Crippen molar-refractivity contribution in [1.82, 2.24) is 19.5 Å². The molecule has 0 spiro atoms. The summed E-state index contributed by atoms with van der Waals surface area (Å²) < 4.78 is 54.8. The summed E-state index contributed by atoms with van der Waals surface area (Å²) >= 11 is 0. The van der Waals surface area contributed by atoms with Gasteiger partial charge in [0.1, 0.15) is 17.2 Å². The van der Waals surface area contributed by atoms with Crippen LogP contribution >= 0.6 is 0 Å². The summed E-state index contributed by atoms with van der Waals surface area (Å²) in [6.45, 7) is 0. The lowest BCUT2D eigenvalue weighted by Gasteiger charge is -2.08. The number of nitrogens with zero attached hydrogens (tertiary/aromatic N) is 3. The van der Waals surface area contributed by atoms with Crippen LogP contribution < -0.4 is 15.8 Å². The maximum Gasteiger partial charge on any atom is 0.303 e. The quantitative estimate of drug-likeness (QED) is 0.331. The number of hydrogen-bond donors (Lipinski definition) is 4. The molecule has 15 heteroatoms. The molecule has 5 N–H and O–H groups in total. The van der Waals surface area contributed by atoms with E-state index in [1.54, 1.807) is 0 Å². The molecule has 0 radical (unpaired) electrons. The van der Waals surface area contributed by atoms with Crippen LogP contribution in [-0.4, -0.2) is 46.1 Å². The van der Waals surface area contributed by atoms with Crippen LogP contribution in [0.2, 0.25) is 0 Å². The van der Waals surface area contributed by atoms with E-state index in [1.807, 2.05) is 4.72 Å². The van der Waals surface area contributed by atoms with Crippen molar-refractivity contribution in [2.45, 2.75) is 24.2 Å². The number of amides is 1. The van der Waals surface area contributed by atoms with Crippen molar-refractivity contribution in [2.24, 2.45) is 0 Å². The van der Waals surface area contributed by atoms with Crippen molar-refractivity contribution in [3.05, 3.63) is 59.7 Å². The van der Waals surface area contributed by atoms with E-state index in [-0.39, 0.29) is 35.8 Å². The minimum Gasteiger partial charge on any atom is -0.481 e. The average molecular weight is 508 g/mol. The van der Waals surface area contributed by atoms with Crippen LogP contribution in [0.3, 0.4) is 0 Å². The zero-order valence-corrected chi connectivity index (χ0v) is 18.6. The number of nitrogens with two attached hydrogens (primary N) is 1. The maximum absolute atomic E-state index is 13.9. The molecule has 3 rings (SSSR count). The molecular weight excluding hydrogens is 490 g/mol. The summed E-state index contributed by atoms with van der Waals surface area (Å²) in [6.07, 6.45) is -0.576. The summed E-state index contributed by atoms with van der Waals surface area (Å²) in [4.78, 5) is 38.2. The highest BCUT2D eigenvalue weighted by atomic mass is 32.2. The Labute approximate surface area is 196 Å². The molecule has 1 heterocycles. The minimum atomic E-state index is -4.20. The lowest BCUT2D eigenvalue weighted by molar-refractivity contribution is -0.137. The predicted octanol–water partition coefficient (Wildman–Crippen LogP) is 1.63. The van der Waals surface area contributed by atoms with E-state index in [1.165, 1.54) is 12.1 Å². The zero-order valence-electron chi connectivity index (χ0n) is 17.7. The zero-order chi connectivity index (χ0) is 25.8. The second kappa shape index (κ2) is 10.3. The van der Waals surface area contributed by atoms with E-state index < -0.39 is 51.0 Å². The number of carbonyl (C=O) groups excluding carboxylic acids is 2. The van der Waals surface area contributed by atoms with Crippen LogP contribution in [0.25, 0.3) is 0 Å². The highest BCUT2D eigenvalue weighted by Gasteiger charge is 2.23. The number of carbonyl (C=O) groups is 3. The third-order valence-corrected chi connectivity index (χ3v) is 5.85. The molecule has 2 aromatic carbocycles. The Morgan fingerprint density at radius 1 is 1.03 bits per heavy atom. The van der Waals surface area contributed by atoms with E-state index in [0.29, 0.717) is 4.68 Å². The van der Waals surface area contributed by atoms with Gasteiger partial charge in [0.05, 0.1) is 4.90 Å². The van der Waals surface area contributed by atoms with Crippen LogP contribution in [0.4, 0.5) is 26.4 Å². The van der Waals surface area contributed by atoms with Gasteiger partial charge in [0.25, 0.3) is 15.9 Å². The molecule has 0 unspecified atom stereocenters. The number of nitrogen functional groups attached to an aromatic ring is 1. The second-order valence-corrected chi connectivity index (χ2v) is 8.71. The summed E-state index contributed by atoms with van der Waals surface area (Å²) in [5.74, 6) is -6.02. The number of carboxylic acid groups (broad SMARTS) is 1. The molecule has 12 nitrogen and oxygen atoms in total. The number of aromatic nitrogens is 3. The molecule has 1 amide bonds. The highest BCUT2D eigenvalue weighted by molar-refractivity contribution is 7.90. The fraction of sp³-hybridized carbons (Fsp3) is 0.150. The third kappa shape index (κ3) is 6.14. The van der Waals surface area contributed by atoms with Crippen molar-refractivity contribution in [1.29, 1.82) is 0 Å². The molecule has 184 valence electrons.